The molecular weight excluding hydrogens is 488 g/mol. The molecule has 206 valence electrons. The van der Waals surface area contributed by atoms with Gasteiger partial charge in [0.2, 0.25) is 0 Å². The van der Waals surface area contributed by atoms with Crippen LogP contribution in [-0.2, 0) is 20.9 Å². The fourth-order valence-corrected chi connectivity index (χ4v) is 7.67. The lowest BCUT2D eigenvalue weighted by atomic mass is 9.70. The Balaban J connectivity index is 1.77. The lowest BCUT2D eigenvalue weighted by molar-refractivity contribution is -0.0577. The van der Waals surface area contributed by atoms with Crippen LogP contribution in [0.3, 0.4) is 0 Å². The van der Waals surface area contributed by atoms with Crippen LogP contribution in [0.15, 0.2) is 24.3 Å². The first-order valence-electron chi connectivity index (χ1n) is 14.3. The Morgan fingerprint density at radius 1 is 1.08 bits per heavy atom. The zero-order valence-electron chi connectivity index (χ0n) is 24.9. The van der Waals surface area contributed by atoms with Gasteiger partial charge in [-0.3, -0.25) is 4.98 Å². The molecule has 0 amide bonds. The highest BCUT2D eigenvalue weighted by molar-refractivity contribution is 8.29. The van der Waals surface area contributed by atoms with Gasteiger partial charge in [0, 0.05) is 27.3 Å². The third-order valence-electron chi connectivity index (χ3n) is 9.28. The molecule has 4 nitrogen and oxygen atoms in total. The van der Waals surface area contributed by atoms with Crippen LogP contribution in [0.5, 0.6) is 0 Å². The van der Waals surface area contributed by atoms with Gasteiger partial charge in [0.1, 0.15) is 6.10 Å². The lowest BCUT2D eigenvalue weighted by Gasteiger charge is -2.49. The maximum absolute atomic E-state index is 9.39. The molecule has 1 spiro atoms. The summed E-state index contributed by atoms with van der Waals surface area (Å²) in [5, 5.41) is 9.39. The van der Waals surface area contributed by atoms with Gasteiger partial charge >= 0.3 is 0 Å². The summed E-state index contributed by atoms with van der Waals surface area (Å²) in [4.78, 5) is 5.48. The Hall–Kier alpha value is -1.87. The summed E-state index contributed by atoms with van der Waals surface area (Å²) in [6.45, 7) is 16.2. The monoisotopic (exact) mass is 534 g/mol. The van der Waals surface area contributed by atoms with Gasteiger partial charge in [-0.15, -0.1) is 10.3 Å². The number of hydrogen-bond acceptors (Lipinski definition) is 4. The molecule has 1 aliphatic heterocycles. The highest BCUT2D eigenvalue weighted by atomic mass is 32.3. The highest BCUT2D eigenvalue weighted by Gasteiger charge is 2.53. The van der Waals surface area contributed by atoms with Crippen molar-refractivity contribution in [2.45, 2.75) is 115 Å². The number of nitriles is 1. The van der Waals surface area contributed by atoms with E-state index >= 15 is 0 Å². The third kappa shape index (κ3) is 4.61. The molecule has 1 aromatic heterocycles. The van der Waals surface area contributed by atoms with Crippen LogP contribution in [0.1, 0.15) is 138 Å². The van der Waals surface area contributed by atoms with Crippen LogP contribution in [0.4, 0.5) is 0 Å². The van der Waals surface area contributed by atoms with Crippen LogP contribution in [0.2, 0.25) is 0 Å². The van der Waals surface area contributed by atoms with Gasteiger partial charge in [-0.25, -0.2) is 0 Å². The Labute approximate surface area is 232 Å². The number of pyridine rings is 1. The van der Waals surface area contributed by atoms with E-state index < -0.39 is 10.3 Å². The summed E-state index contributed by atoms with van der Waals surface area (Å²) in [6, 6.07) is 10.3. The largest absolute Gasteiger partial charge is 0.358 e. The fraction of sp³-hybridized carbons (Fsp3) is 0.636. The summed E-state index contributed by atoms with van der Waals surface area (Å²) >= 11 is 0. The molecule has 1 saturated carbocycles. The standard InChI is InChI=1S/C33H46N2O2S/c1-21(2)29-27-28(33(16-10-11-17-33)36-30(27)23-14-12-22(20-34)13-15-23)26-24(35-29)18-32(6,7)19-25(26)37-38(8,9)31(3,4)5/h12-15,21,25,30H,10-11,16-19H2,1-9H3. The van der Waals surface area contributed by atoms with Crippen LogP contribution in [-0.4, -0.2) is 22.2 Å². The summed E-state index contributed by atoms with van der Waals surface area (Å²) < 4.78 is 14.6. The van der Waals surface area contributed by atoms with E-state index in [1.807, 2.05) is 12.1 Å². The molecule has 0 bridgehead atoms. The zero-order valence-corrected chi connectivity index (χ0v) is 25.7. The number of aromatic nitrogens is 1. The Kier molecular flexibility index (Phi) is 6.82. The minimum atomic E-state index is -1.34. The predicted octanol–water partition coefficient (Wildman–Crippen LogP) is 8.77. The number of ether oxygens (including phenoxy) is 1. The average molecular weight is 535 g/mol. The second kappa shape index (κ2) is 9.36. The van der Waals surface area contributed by atoms with Crippen LogP contribution in [0.25, 0.3) is 0 Å². The third-order valence-corrected chi connectivity index (χ3v) is 12.9. The molecule has 2 unspecified atom stereocenters. The summed E-state index contributed by atoms with van der Waals surface area (Å²) in [7, 11) is -1.34. The van der Waals surface area contributed by atoms with E-state index in [9.17, 15) is 5.26 Å². The van der Waals surface area contributed by atoms with Gasteiger partial charge in [0.25, 0.3) is 0 Å². The van der Waals surface area contributed by atoms with Crippen molar-refractivity contribution >= 4 is 10.3 Å². The molecule has 0 radical (unpaired) electrons. The van der Waals surface area contributed by atoms with Gasteiger partial charge in [-0.1, -0.05) is 73.4 Å². The molecule has 5 rings (SSSR count). The second-order valence-electron chi connectivity index (χ2n) is 14.2. The van der Waals surface area contributed by atoms with Gasteiger partial charge in [-0.2, -0.15) is 5.26 Å². The number of rotatable bonds is 4. The van der Waals surface area contributed by atoms with Crippen LogP contribution >= 0.6 is 10.3 Å². The van der Waals surface area contributed by atoms with Crippen molar-refractivity contribution in [2.75, 3.05) is 12.5 Å². The summed E-state index contributed by atoms with van der Waals surface area (Å²) in [5.41, 5.74) is 8.06. The molecule has 2 aromatic rings. The van der Waals surface area contributed by atoms with Gasteiger partial charge in [0.05, 0.1) is 23.3 Å². The summed E-state index contributed by atoms with van der Waals surface area (Å²) in [6.07, 6.45) is 10.9. The zero-order chi connectivity index (χ0) is 27.7. The first kappa shape index (κ1) is 27.7. The van der Waals surface area contributed by atoms with Crippen molar-refractivity contribution in [3.05, 3.63) is 63.5 Å². The molecule has 1 aromatic carbocycles. The average Bonchev–Trinajstić information content (AvgIpc) is 3.42. The first-order chi connectivity index (χ1) is 17.7. The van der Waals surface area contributed by atoms with Crippen LogP contribution in [0, 0.1) is 16.7 Å². The Morgan fingerprint density at radius 3 is 2.26 bits per heavy atom. The maximum atomic E-state index is 9.39. The molecule has 0 saturated heterocycles. The van der Waals surface area contributed by atoms with Crippen molar-refractivity contribution in [2.24, 2.45) is 5.41 Å². The van der Waals surface area contributed by atoms with Crippen molar-refractivity contribution in [3.8, 4) is 6.07 Å². The number of benzene rings is 1. The van der Waals surface area contributed by atoms with E-state index in [0.717, 1.165) is 31.2 Å². The molecule has 2 heterocycles. The topological polar surface area (TPSA) is 55.1 Å². The molecule has 0 N–H and O–H groups in total. The van der Waals surface area contributed by atoms with Gasteiger partial charge in [0.15, 0.2) is 0 Å². The quantitative estimate of drug-likeness (QED) is 0.393. The lowest BCUT2D eigenvalue weighted by Crippen LogP contribution is -2.35. The number of hydrogen-bond donors (Lipinski definition) is 0. The molecule has 3 aliphatic rings. The number of fused-ring (bicyclic) bond motifs is 4. The predicted molar refractivity (Wildman–Crippen MR) is 158 cm³/mol. The SMILES string of the molecule is CC(C)c1nc2c(c3c1C(c1ccc(C#N)cc1)OC31CCCC1)C(OS(C)(C)C(C)(C)C)CC(C)(C)C2. The van der Waals surface area contributed by atoms with Gasteiger partial charge < -0.3 is 8.92 Å². The van der Waals surface area contributed by atoms with Crippen LogP contribution < -0.4 is 0 Å². The van der Waals surface area contributed by atoms with Crippen molar-refractivity contribution in [1.29, 1.82) is 5.26 Å². The second-order valence-corrected chi connectivity index (χ2v) is 18.1. The first-order valence-corrected chi connectivity index (χ1v) is 16.7. The number of nitrogens with zero attached hydrogens (tertiary/aromatic N) is 2. The molecule has 2 atom stereocenters. The fourth-order valence-electron chi connectivity index (χ4n) is 6.63. The van der Waals surface area contributed by atoms with E-state index in [4.69, 9.17) is 13.9 Å². The minimum absolute atomic E-state index is 0.0150. The Bertz CT molecular complexity index is 1260. The normalized spacial score (nSPS) is 24.3. The van der Waals surface area contributed by atoms with Crippen molar-refractivity contribution in [1.82, 2.24) is 4.98 Å². The minimum Gasteiger partial charge on any atom is -0.358 e. The van der Waals surface area contributed by atoms with E-state index in [1.54, 1.807) is 0 Å². The van der Waals surface area contributed by atoms with Crippen molar-refractivity contribution < 1.29 is 8.92 Å². The molecule has 2 aliphatic carbocycles. The molecule has 5 heteroatoms. The van der Waals surface area contributed by atoms with E-state index in [-0.39, 0.29) is 33.9 Å². The maximum Gasteiger partial charge on any atom is 0.111 e. The van der Waals surface area contributed by atoms with E-state index in [1.165, 1.54) is 40.9 Å². The van der Waals surface area contributed by atoms with Gasteiger partial charge in [-0.05, 0) is 72.8 Å². The summed E-state index contributed by atoms with van der Waals surface area (Å²) in [5.74, 6) is 0.288. The van der Waals surface area contributed by atoms with E-state index in [2.05, 4.69) is 79.2 Å². The smallest absolute Gasteiger partial charge is 0.111 e. The molecule has 1 fully saturated rings. The Morgan fingerprint density at radius 2 is 1.71 bits per heavy atom. The highest BCUT2D eigenvalue weighted by Crippen LogP contribution is 2.63. The van der Waals surface area contributed by atoms with E-state index in [0.29, 0.717) is 5.56 Å². The molecular formula is C33H46N2O2S. The van der Waals surface area contributed by atoms with Crippen molar-refractivity contribution in [3.63, 3.8) is 0 Å². The molecule has 38 heavy (non-hydrogen) atoms.